The lowest BCUT2D eigenvalue weighted by Crippen LogP contribution is -2.22. The number of nitrogens with one attached hydrogen (secondary N) is 1. The van der Waals surface area contributed by atoms with E-state index in [9.17, 15) is 4.79 Å². The van der Waals surface area contributed by atoms with E-state index in [1.165, 1.54) is 6.39 Å². The lowest BCUT2D eigenvalue weighted by molar-refractivity contribution is 0.0951. The number of carbonyl (C=O) groups is 1. The first-order chi connectivity index (χ1) is 9.33. The van der Waals surface area contributed by atoms with E-state index in [0.717, 1.165) is 16.7 Å². The lowest BCUT2D eigenvalue weighted by atomic mass is 10.2. The van der Waals surface area contributed by atoms with Crippen molar-refractivity contribution in [3.05, 3.63) is 60.2 Å². The van der Waals surface area contributed by atoms with Crippen LogP contribution in [-0.2, 0) is 6.54 Å². The second kappa shape index (κ2) is 4.89. The number of pyridine rings is 1. The van der Waals surface area contributed by atoms with Crippen molar-refractivity contribution in [2.45, 2.75) is 6.54 Å². The van der Waals surface area contributed by atoms with E-state index in [2.05, 4.69) is 15.3 Å². The van der Waals surface area contributed by atoms with Gasteiger partial charge in [0.25, 0.3) is 5.91 Å². The Morgan fingerprint density at radius 2 is 2.05 bits per heavy atom. The van der Waals surface area contributed by atoms with E-state index in [1.807, 2.05) is 18.2 Å². The third-order valence-corrected chi connectivity index (χ3v) is 2.79. The SMILES string of the molecule is O=C(NCc1ccc2ncoc2c1)c1ccncc1. The molecule has 0 atom stereocenters. The van der Waals surface area contributed by atoms with Gasteiger partial charge in [-0.15, -0.1) is 0 Å². The molecule has 1 aromatic carbocycles. The molecule has 19 heavy (non-hydrogen) atoms. The molecule has 3 aromatic rings. The molecule has 3 rings (SSSR count). The van der Waals surface area contributed by atoms with Crippen molar-refractivity contribution in [1.82, 2.24) is 15.3 Å². The fourth-order valence-electron chi connectivity index (χ4n) is 1.80. The predicted octanol–water partition coefficient (Wildman–Crippen LogP) is 2.15. The number of nitrogens with zero attached hydrogens (tertiary/aromatic N) is 2. The predicted molar refractivity (Wildman–Crippen MR) is 69.4 cm³/mol. The second-order valence-corrected chi connectivity index (χ2v) is 4.07. The first-order valence-electron chi connectivity index (χ1n) is 5.83. The monoisotopic (exact) mass is 253 g/mol. The van der Waals surface area contributed by atoms with Crippen LogP contribution in [0, 0.1) is 0 Å². The number of fused-ring (bicyclic) bond motifs is 1. The Balaban J connectivity index is 1.70. The summed E-state index contributed by atoms with van der Waals surface area (Å²) in [4.78, 5) is 19.8. The van der Waals surface area contributed by atoms with Gasteiger partial charge < -0.3 is 9.73 Å². The Hall–Kier alpha value is -2.69. The highest BCUT2D eigenvalue weighted by molar-refractivity contribution is 5.93. The molecule has 0 unspecified atom stereocenters. The summed E-state index contributed by atoms with van der Waals surface area (Å²) in [7, 11) is 0. The minimum absolute atomic E-state index is 0.125. The maximum absolute atomic E-state index is 11.9. The number of oxazole rings is 1. The second-order valence-electron chi connectivity index (χ2n) is 4.07. The van der Waals surface area contributed by atoms with Crippen molar-refractivity contribution >= 4 is 17.0 Å². The molecule has 0 saturated carbocycles. The molecule has 2 heterocycles. The summed E-state index contributed by atoms with van der Waals surface area (Å²) in [6.07, 6.45) is 4.59. The number of hydrogen-bond acceptors (Lipinski definition) is 4. The molecule has 0 bridgehead atoms. The number of hydrogen-bond donors (Lipinski definition) is 1. The normalized spacial score (nSPS) is 10.5. The summed E-state index contributed by atoms with van der Waals surface area (Å²) in [5.41, 5.74) is 3.09. The molecule has 5 nitrogen and oxygen atoms in total. The van der Waals surface area contributed by atoms with Crippen LogP contribution < -0.4 is 5.32 Å². The highest BCUT2D eigenvalue weighted by Crippen LogP contribution is 2.14. The molecular weight excluding hydrogens is 242 g/mol. The van der Waals surface area contributed by atoms with Crippen molar-refractivity contribution < 1.29 is 9.21 Å². The van der Waals surface area contributed by atoms with Crippen LogP contribution in [0.1, 0.15) is 15.9 Å². The van der Waals surface area contributed by atoms with Gasteiger partial charge in [0.05, 0.1) is 0 Å². The molecule has 0 aliphatic carbocycles. The minimum Gasteiger partial charge on any atom is -0.443 e. The molecule has 0 radical (unpaired) electrons. The van der Waals surface area contributed by atoms with Crippen LogP contribution in [0.5, 0.6) is 0 Å². The number of aromatic nitrogens is 2. The Labute approximate surface area is 109 Å². The molecule has 0 saturated heterocycles. The molecule has 0 aliphatic rings. The van der Waals surface area contributed by atoms with Crippen molar-refractivity contribution in [1.29, 1.82) is 0 Å². The van der Waals surface area contributed by atoms with E-state index in [1.54, 1.807) is 24.5 Å². The van der Waals surface area contributed by atoms with Gasteiger partial charge in [0, 0.05) is 24.5 Å². The standard InChI is InChI=1S/C14H11N3O2/c18-14(11-3-5-15-6-4-11)16-8-10-1-2-12-13(7-10)19-9-17-12/h1-7,9H,8H2,(H,16,18). The third kappa shape index (κ3) is 2.44. The zero-order valence-corrected chi connectivity index (χ0v) is 10.0. The number of carbonyl (C=O) groups excluding carboxylic acids is 1. The Kier molecular flexibility index (Phi) is 2.94. The van der Waals surface area contributed by atoms with Crippen molar-refractivity contribution in [3.63, 3.8) is 0 Å². The maximum atomic E-state index is 11.9. The highest BCUT2D eigenvalue weighted by Gasteiger charge is 2.05. The van der Waals surface area contributed by atoms with E-state index < -0.39 is 0 Å². The Morgan fingerprint density at radius 3 is 2.89 bits per heavy atom. The molecule has 0 aliphatic heterocycles. The zero-order chi connectivity index (χ0) is 13.1. The first kappa shape index (κ1) is 11.4. The summed E-state index contributed by atoms with van der Waals surface area (Å²) in [5, 5.41) is 2.84. The van der Waals surface area contributed by atoms with Gasteiger partial charge in [-0.1, -0.05) is 6.07 Å². The number of benzene rings is 1. The van der Waals surface area contributed by atoms with E-state index >= 15 is 0 Å². The average Bonchev–Trinajstić information content (AvgIpc) is 2.93. The van der Waals surface area contributed by atoms with Gasteiger partial charge in [-0.25, -0.2) is 4.98 Å². The molecule has 1 amide bonds. The summed E-state index contributed by atoms with van der Waals surface area (Å²) < 4.78 is 5.22. The summed E-state index contributed by atoms with van der Waals surface area (Å²) in [6, 6.07) is 9.00. The number of amides is 1. The van der Waals surface area contributed by atoms with Crippen LogP contribution in [0.15, 0.2) is 53.5 Å². The van der Waals surface area contributed by atoms with Crippen LogP contribution in [-0.4, -0.2) is 15.9 Å². The highest BCUT2D eigenvalue weighted by atomic mass is 16.3. The number of rotatable bonds is 3. The first-order valence-corrected chi connectivity index (χ1v) is 5.83. The summed E-state index contributed by atoms with van der Waals surface area (Å²) in [6.45, 7) is 0.442. The topological polar surface area (TPSA) is 68.0 Å². The fourth-order valence-corrected chi connectivity index (χ4v) is 1.80. The zero-order valence-electron chi connectivity index (χ0n) is 10.0. The third-order valence-electron chi connectivity index (χ3n) is 2.79. The van der Waals surface area contributed by atoms with Crippen LogP contribution in [0.2, 0.25) is 0 Å². The van der Waals surface area contributed by atoms with E-state index in [0.29, 0.717) is 12.1 Å². The lowest BCUT2D eigenvalue weighted by Gasteiger charge is -2.04. The molecule has 2 aromatic heterocycles. The van der Waals surface area contributed by atoms with Gasteiger partial charge in [0.2, 0.25) is 0 Å². The fraction of sp³-hybridized carbons (Fsp3) is 0.0714. The summed E-state index contributed by atoms with van der Waals surface area (Å²) in [5.74, 6) is -0.125. The van der Waals surface area contributed by atoms with Gasteiger partial charge in [-0.3, -0.25) is 9.78 Å². The van der Waals surface area contributed by atoms with Crippen LogP contribution in [0.25, 0.3) is 11.1 Å². The van der Waals surface area contributed by atoms with Crippen molar-refractivity contribution in [2.75, 3.05) is 0 Å². The average molecular weight is 253 g/mol. The van der Waals surface area contributed by atoms with E-state index in [-0.39, 0.29) is 5.91 Å². The van der Waals surface area contributed by atoms with Crippen LogP contribution in [0.4, 0.5) is 0 Å². The molecule has 0 fully saturated rings. The molecule has 0 spiro atoms. The van der Waals surface area contributed by atoms with Gasteiger partial charge >= 0.3 is 0 Å². The molecule has 94 valence electrons. The van der Waals surface area contributed by atoms with Crippen molar-refractivity contribution in [2.24, 2.45) is 0 Å². The smallest absolute Gasteiger partial charge is 0.251 e. The van der Waals surface area contributed by atoms with Crippen molar-refractivity contribution in [3.8, 4) is 0 Å². The van der Waals surface area contributed by atoms with Gasteiger partial charge in [-0.05, 0) is 29.8 Å². The molecular formula is C14H11N3O2. The summed E-state index contributed by atoms with van der Waals surface area (Å²) >= 11 is 0. The molecule has 1 N–H and O–H groups in total. The largest absolute Gasteiger partial charge is 0.443 e. The molecule has 5 heteroatoms. The quantitative estimate of drug-likeness (QED) is 0.776. The minimum atomic E-state index is -0.125. The van der Waals surface area contributed by atoms with Gasteiger partial charge in [0.15, 0.2) is 12.0 Å². The van der Waals surface area contributed by atoms with Crippen LogP contribution in [0.3, 0.4) is 0 Å². The maximum Gasteiger partial charge on any atom is 0.251 e. The van der Waals surface area contributed by atoms with E-state index in [4.69, 9.17) is 4.42 Å². The Morgan fingerprint density at radius 1 is 1.21 bits per heavy atom. The Bertz CT molecular complexity index is 707. The van der Waals surface area contributed by atoms with Gasteiger partial charge in [-0.2, -0.15) is 0 Å². The van der Waals surface area contributed by atoms with Crippen LogP contribution >= 0.6 is 0 Å². The van der Waals surface area contributed by atoms with Gasteiger partial charge in [0.1, 0.15) is 5.52 Å².